The van der Waals surface area contributed by atoms with Gasteiger partial charge >= 0.3 is 6.18 Å². The summed E-state index contributed by atoms with van der Waals surface area (Å²) in [5.41, 5.74) is 1.27. The minimum atomic E-state index is -4.56. The van der Waals surface area contributed by atoms with Crippen molar-refractivity contribution in [1.82, 2.24) is 29.4 Å². The van der Waals surface area contributed by atoms with Gasteiger partial charge in [0, 0.05) is 69.5 Å². The molecule has 1 aromatic carbocycles. The molecule has 0 radical (unpaired) electrons. The van der Waals surface area contributed by atoms with Gasteiger partial charge in [-0.05, 0) is 62.7 Å². The van der Waals surface area contributed by atoms with Gasteiger partial charge < -0.3 is 19.9 Å². The molecule has 2 atom stereocenters. The predicted molar refractivity (Wildman–Crippen MR) is 168 cm³/mol. The van der Waals surface area contributed by atoms with Crippen LogP contribution in [-0.2, 0) is 17.5 Å². The van der Waals surface area contributed by atoms with Crippen LogP contribution in [0.4, 0.5) is 24.7 Å². The molecule has 240 valence electrons. The Balaban J connectivity index is 1.17. The van der Waals surface area contributed by atoms with Crippen LogP contribution in [0.1, 0.15) is 46.6 Å². The number of alkyl halides is 3. The fraction of sp³-hybridized carbons (Fsp3) is 0.394. The SMILES string of the molecule is C[C@@H]1CN(c2ccc3ncc(C#Cc4cncc(C(=O)Nc5ccc(CN6CCN(C)CC6)c(C(F)(F)F)c5)c4)n3n2)C[C@H](C)O1. The van der Waals surface area contributed by atoms with Gasteiger partial charge in [0.1, 0.15) is 11.5 Å². The lowest BCUT2D eigenvalue weighted by molar-refractivity contribution is -0.138. The van der Waals surface area contributed by atoms with Gasteiger partial charge in [-0.3, -0.25) is 14.7 Å². The highest BCUT2D eigenvalue weighted by molar-refractivity contribution is 6.04. The van der Waals surface area contributed by atoms with E-state index in [2.05, 4.69) is 36.9 Å². The zero-order valence-electron chi connectivity index (χ0n) is 25.9. The van der Waals surface area contributed by atoms with Crippen molar-refractivity contribution in [3.8, 4) is 11.8 Å². The van der Waals surface area contributed by atoms with Crippen molar-refractivity contribution in [3.05, 3.63) is 82.9 Å². The van der Waals surface area contributed by atoms with Crippen molar-refractivity contribution in [2.45, 2.75) is 38.8 Å². The predicted octanol–water partition coefficient (Wildman–Crippen LogP) is 4.16. The first-order valence-electron chi connectivity index (χ1n) is 15.2. The molecule has 46 heavy (non-hydrogen) atoms. The van der Waals surface area contributed by atoms with Crippen LogP contribution in [0.25, 0.3) is 5.65 Å². The number of halogens is 3. The van der Waals surface area contributed by atoms with E-state index in [1.54, 1.807) is 16.8 Å². The van der Waals surface area contributed by atoms with Crippen molar-refractivity contribution < 1.29 is 22.7 Å². The Morgan fingerprint density at radius 2 is 1.76 bits per heavy atom. The monoisotopic (exact) mass is 632 g/mol. The number of ether oxygens (including phenoxy) is 1. The Morgan fingerprint density at radius 1 is 1.00 bits per heavy atom. The van der Waals surface area contributed by atoms with Crippen LogP contribution in [0.15, 0.2) is 55.0 Å². The molecule has 0 saturated carbocycles. The molecule has 1 amide bonds. The highest BCUT2D eigenvalue weighted by Gasteiger charge is 2.34. The second-order valence-electron chi connectivity index (χ2n) is 11.9. The normalized spacial score (nSPS) is 19.6. The van der Waals surface area contributed by atoms with Crippen LogP contribution in [-0.4, -0.2) is 93.8 Å². The topological polar surface area (TPSA) is 91.1 Å². The highest BCUT2D eigenvalue weighted by atomic mass is 19.4. The summed E-state index contributed by atoms with van der Waals surface area (Å²) in [6, 6.07) is 9.28. The lowest BCUT2D eigenvalue weighted by atomic mass is 10.0. The molecule has 10 nitrogen and oxygen atoms in total. The van der Waals surface area contributed by atoms with E-state index in [0.717, 1.165) is 38.1 Å². The van der Waals surface area contributed by atoms with Crippen molar-refractivity contribution in [2.24, 2.45) is 0 Å². The largest absolute Gasteiger partial charge is 0.416 e. The Kier molecular flexibility index (Phi) is 8.95. The minimum absolute atomic E-state index is 0.0487. The zero-order valence-corrected chi connectivity index (χ0v) is 25.9. The van der Waals surface area contributed by atoms with Crippen LogP contribution in [0.2, 0.25) is 0 Å². The van der Waals surface area contributed by atoms with E-state index in [9.17, 15) is 18.0 Å². The second-order valence-corrected chi connectivity index (χ2v) is 11.9. The van der Waals surface area contributed by atoms with E-state index in [0.29, 0.717) is 30.0 Å². The average Bonchev–Trinajstić information content (AvgIpc) is 3.43. The van der Waals surface area contributed by atoms with Gasteiger partial charge in [-0.2, -0.15) is 13.2 Å². The Hall–Kier alpha value is -4.51. The van der Waals surface area contributed by atoms with E-state index in [-0.39, 0.29) is 35.6 Å². The molecule has 5 heterocycles. The van der Waals surface area contributed by atoms with Crippen molar-refractivity contribution in [3.63, 3.8) is 0 Å². The third-order valence-electron chi connectivity index (χ3n) is 8.09. The number of imidazole rings is 1. The third-order valence-corrected chi connectivity index (χ3v) is 8.09. The number of likely N-dealkylation sites (N-methyl/N-ethyl adjacent to an activating group) is 1. The van der Waals surface area contributed by atoms with Gasteiger partial charge in [0.2, 0.25) is 0 Å². The van der Waals surface area contributed by atoms with Gasteiger partial charge in [0.15, 0.2) is 5.65 Å². The average molecular weight is 633 g/mol. The number of nitrogens with zero attached hydrogens (tertiary/aromatic N) is 7. The first-order valence-corrected chi connectivity index (χ1v) is 15.2. The summed E-state index contributed by atoms with van der Waals surface area (Å²) in [6.07, 6.45) is 0.0826. The maximum Gasteiger partial charge on any atom is 0.416 e. The molecule has 0 spiro atoms. The first kappa shape index (κ1) is 31.5. The lowest BCUT2D eigenvalue weighted by Gasteiger charge is -2.35. The molecule has 3 aromatic heterocycles. The standard InChI is InChI=1S/C33H35F3N8O2/c1-22-19-43(20-23(2)46-22)31-9-8-30-38-18-28(44(30)40-31)7-4-24-14-26(17-37-16-24)32(45)39-27-6-5-25(29(15-27)33(34,35)36)21-42-12-10-41(3)11-13-42/h5-6,8-9,14-18,22-23H,10-13,19-21H2,1-3H3,(H,39,45)/t22-,23+. The fourth-order valence-corrected chi connectivity index (χ4v) is 5.76. The van der Waals surface area contributed by atoms with Crippen LogP contribution < -0.4 is 10.2 Å². The second kappa shape index (κ2) is 13.1. The van der Waals surface area contributed by atoms with E-state index >= 15 is 0 Å². The summed E-state index contributed by atoms with van der Waals surface area (Å²) in [4.78, 5) is 27.9. The Labute approximate surface area is 265 Å². The van der Waals surface area contributed by atoms with E-state index in [4.69, 9.17) is 9.84 Å². The van der Waals surface area contributed by atoms with Crippen LogP contribution in [0, 0.1) is 11.8 Å². The molecule has 13 heteroatoms. The number of aromatic nitrogens is 4. The summed E-state index contributed by atoms with van der Waals surface area (Å²) in [6.45, 7) is 8.69. The number of benzene rings is 1. The minimum Gasteiger partial charge on any atom is -0.372 e. The number of fused-ring (bicyclic) bond motifs is 1. The van der Waals surface area contributed by atoms with Gasteiger partial charge in [-0.15, -0.1) is 5.10 Å². The van der Waals surface area contributed by atoms with Gasteiger partial charge in [0.05, 0.1) is 29.5 Å². The molecule has 0 bridgehead atoms. The maximum absolute atomic E-state index is 14.0. The number of rotatable bonds is 5. The number of hydrogen-bond acceptors (Lipinski definition) is 8. The molecule has 2 aliphatic rings. The first-order chi connectivity index (χ1) is 22.0. The molecule has 2 fully saturated rings. The molecule has 1 N–H and O–H groups in total. The number of nitrogens with one attached hydrogen (secondary N) is 1. The zero-order chi connectivity index (χ0) is 32.4. The molecular weight excluding hydrogens is 597 g/mol. The van der Waals surface area contributed by atoms with Crippen LogP contribution in [0.5, 0.6) is 0 Å². The Bertz CT molecular complexity index is 1780. The molecule has 6 rings (SSSR count). The summed E-state index contributed by atoms with van der Waals surface area (Å²) in [5, 5.41) is 7.34. The molecule has 0 aliphatic carbocycles. The van der Waals surface area contributed by atoms with E-state index in [1.807, 2.05) is 37.9 Å². The number of amides is 1. The van der Waals surface area contributed by atoms with E-state index < -0.39 is 17.6 Å². The van der Waals surface area contributed by atoms with Crippen molar-refractivity contribution >= 4 is 23.1 Å². The molecule has 4 aromatic rings. The number of pyridine rings is 1. The highest BCUT2D eigenvalue weighted by Crippen LogP contribution is 2.35. The molecular formula is C33H35F3N8O2. The van der Waals surface area contributed by atoms with Gasteiger partial charge in [-0.1, -0.05) is 12.0 Å². The Morgan fingerprint density at radius 3 is 2.50 bits per heavy atom. The summed E-state index contributed by atoms with van der Waals surface area (Å²) in [7, 11) is 2.00. The fourth-order valence-electron chi connectivity index (χ4n) is 5.76. The van der Waals surface area contributed by atoms with Crippen molar-refractivity contribution in [1.29, 1.82) is 0 Å². The number of carbonyl (C=O) groups excluding carboxylic acids is 1. The smallest absolute Gasteiger partial charge is 0.372 e. The van der Waals surface area contributed by atoms with Crippen LogP contribution in [0.3, 0.4) is 0 Å². The number of carbonyl (C=O) groups is 1. The maximum atomic E-state index is 14.0. The number of piperazine rings is 1. The number of hydrogen-bond donors (Lipinski definition) is 1. The molecule has 0 unspecified atom stereocenters. The number of anilines is 2. The lowest BCUT2D eigenvalue weighted by Crippen LogP contribution is -2.46. The summed E-state index contributed by atoms with van der Waals surface area (Å²) >= 11 is 0. The summed E-state index contributed by atoms with van der Waals surface area (Å²) in [5.74, 6) is 6.26. The quantitative estimate of drug-likeness (QED) is 0.329. The molecule has 2 saturated heterocycles. The third kappa shape index (κ3) is 7.31. The molecule has 2 aliphatic heterocycles. The van der Waals surface area contributed by atoms with Crippen molar-refractivity contribution in [2.75, 3.05) is 56.5 Å². The van der Waals surface area contributed by atoms with E-state index in [1.165, 1.54) is 24.5 Å². The van der Waals surface area contributed by atoms with Gasteiger partial charge in [-0.25, -0.2) is 9.50 Å². The number of morpholine rings is 1. The van der Waals surface area contributed by atoms with Gasteiger partial charge in [0.25, 0.3) is 5.91 Å². The summed E-state index contributed by atoms with van der Waals surface area (Å²) < 4.78 is 49.6. The van der Waals surface area contributed by atoms with Crippen LogP contribution >= 0.6 is 0 Å².